The SMILES string of the molecule is CN(C)CC(=O)NC1CCC(CO[N+](=O)[O-])CC1. The highest BCUT2D eigenvalue weighted by Crippen LogP contribution is 2.24. The Hall–Kier alpha value is -1.37. The standard InChI is InChI=1S/C11H21N3O4/c1-13(2)7-11(15)12-10-5-3-9(4-6-10)8-18-14(16)17/h9-10H,3-8H2,1-2H3,(H,12,15). The van der Waals surface area contributed by atoms with Gasteiger partial charge in [0.05, 0.1) is 13.2 Å². The Labute approximate surface area is 107 Å². The van der Waals surface area contributed by atoms with Gasteiger partial charge in [-0.05, 0) is 45.7 Å². The van der Waals surface area contributed by atoms with Crippen LogP contribution in [0.5, 0.6) is 0 Å². The van der Waals surface area contributed by atoms with Crippen LogP contribution in [-0.2, 0) is 9.63 Å². The fourth-order valence-corrected chi connectivity index (χ4v) is 2.20. The molecule has 1 aliphatic rings. The highest BCUT2D eigenvalue weighted by atomic mass is 16.9. The van der Waals surface area contributed by atoms with Crippen molar-refractivity contribution < 1.29 is 14.7 Å². The van der Waals surface area contributed by atoms with E-state index in [0.29, 0.717) is 6.54 Å². The van der Waals surface area contributed by atoms with Gasteiger partial charge in [0, 0.05) is 6.04 Å². The molecule has 1 saturated carbocycles. The lowest BCUT2D eigenvalue weighted by atomic mass is 9.86. The molecule has 1 aliphatic carbocycles. The first-order valence-corrected chi connectivity index (χ1v) is 6.18. The molecule has 0 spiro atoms. The van der Waals surface area contributed by atoms with E-state index in [-0.39, 0.29) is 24.5 Å². The van der Waals surface area contributed by atoms with Gasteiger partial charge >= 0.3 is 0 Å². The summed E-state index contributed by atoms with van der Waals surface area (Å²) in [5, 5.41) is 12.3. The Balaban J connectivity index is 2.19. The van der Waals surface area contributed by atoms with Crippen LogP contribution in [0.3, 0.4) is 0 Å². The van der Waals surface area contributed by atoms with Crippen molar-refractivity contribution >= 4 is 5.91 Å². The van der Waals surface area contributed by atoms with E-state index in [1.165, 1.54) is 0 Å². The first kappa shape index (κ1) is 14.7. The van der Waals surface area contributed by atoms with Gasteiger partial charge in [-0.3, -0.25) is 4.79 Å². The molecule has 0 aromatic carbocycles. The monoisotopic (exact) mass is 259 g/mol. The van der Waals surface area contributed by atoms with Crippen LogP contribution in [0.1, 0.15) is 25.7 Å². The Morgan fingerprint density at radius 3 is 2.50 bits per heavy atom. The lowest BCUT2D eigenvalue weighted by Crippen LogP contribution is -2.42. The van der Waals surface area contributed by atoms with Gasteiger partial charge in [0.15, 0.2) is 0 Å². The molecular weight excluding hydrogens is 238 g/mol. The first-order valence-electron chi connectivity index (χ1n) is 6.18. The van der Waals surface area contributed by atoms with E-state index in [1.54, 1.807) is 0 Å². The van der Waals surface area contributed by atoms with Crippen LogP contribution in [0.15, 0.2) is 0 Å². The maximum absolute atomic E-state index is 11.6. The van der Waals surface area contributed by atoms with Crippen molar-refractivity contribution in [3.63, 3.8) is 0 Å². The molecule has 0 unspecified atom stereocenters. The predicted molar refractivity (Wildman–Crippen MR) is 65.4 cm³/mol. The molecule has 0 heterocycles. The second-order valence-electron chi connectivity index (χ2n) is 5.04. The normalized spacial score (nSPS) is 23.7. The van der Waals surface area contributed by atoms with Crippen molar-refractivity contribution in [1.29, 1.82) is 0 Å². The van der Waals surface area contributed by atoms with E-state index < -0.39 is 5.09 Å². The number of likely N-dealkylation sites (N-methyl/N-ethyl adjacent to an activating group) is 1. The maximum Gasteiger partial charge on any atom is 0.294 e. The number of rotatable bonds is 6. The molecule has 7 heteroatoms. The van der Waals surface area contributed by atoms with Crippen molar-refractivity contribution in [2.45, 2.75) is 31.7 Å². The number of hydrogen-bond donors (Lipinski definition) is 1. The Morgan fingerprint density at radius 1 is 1.39 bits per heavy atom. The zero-order valence-corrected chi connectivity index (χ0v) is 10.9. The average Bonchev–Trinajstić information content (AvgIpc) is 2.26. The van der Waals surface area contributed by atoms with Crippen molar-refractivity contribution in [2.24, 2.45) is 5.92 Å². The summed E-state index contributed by atoms with van der Waals surface area (Å²) in [4.78, 5) is 27.8. The lowest BCUT2D eigenvalue weighted by molar-refractivity contribution is -0.759. The molecule has 0 bridgehead atoms. The number of nitrogens with zero attached hydrogens (tertiary/aromatic N) is 2. The number of amides is 1. The van der Waals surface area contributed by atoms with Crippen LogP contribution >= 0.6 is 0 Å². The second-order valence-corrected chi connectivity index (χ2v) is 5.04. The summed E-state index contributed by atoms with van der Waals surface area (Å²) in [7, 11) is 3.71. The van der Waals surface area contributed by atoms with E-state index in [4.69, 9.17) is 0 Å². The van der Waals surface area contributed by atoms with E-state index in [1.807, 2.05) is 19.0 Å². The Kier molecular flexibility index (Phi) is 5.84. The summed E-state index contributed by atoms with van der Waals surface area (Å²) in [5.74, 6) is 0.266. The summed E-state index contributed by atoms with van der Waals surface area (Å²) < 4.78 is 0. The molecule has 1 fully saturated rings. The van der Waals surface area contributed by atoms with Crippen LogP contribution in [0.2, 0.25) is 0 Å². The number of carbonyl (C=O) groups excluding carboxylic acids is 1. The smallest absolute Gasteiger partial charge is 0.294 e. The molecule has 1 rings (SSSR count). The van der Waals surface area contributed by atoms with Crippen LogP contribution in [0, 0.1) is 16.0 Å². The quantitative estimate of drug-likeness (QED) is 0.552. The minimum Gasteiger partial charge on any atom is -0.352 e. The van der Waals surface area contributed by atoms with E-state index in [0.717, 1.165) is 25.7 Å². The van der Waals surface area contributed by atoms with E-state index >= 15 is 0 Å². The fraction of sp³-hybridized carbons (Fsp3) is 0.909. The van der Waals surface area contributed by atoms with Gasteiger partial charge in [-0.25, -0.2) is 0 Å². The summed E-state index contributed by atoms with van der Waals surface area (Å²) in [5.41, 5.74) is 0. The maximum atomic E-state index is 11.6. The van der Waals surface area contributed by atoms with E-state index in [9.17, 15) is 14.9 Å². The molecule has 18 heavy (non-hydrogen) atoms. The van der Waals surface area contributed by atoms with Gasteiger partial charge in [0.25, 0.3) is 5.09 Å². The van der Waals surface area contributed by atoms with Crippen LogP contribution in [0.4, 0.5) is 0 Å². The number of hydrogen-bond acceptors (Lipinski definition) is 5. The molecule has 0 atom stereocenters. The van der Waals surface area contributed by atoms with Crippen LogP contribution in [0.25, 0.3) is 0 Å². The topological polar surface area (TPSA) is 84.7 Å². The molecule has 1 N–H and O–H groups in total. The third kappa shape index (κ3) is 5.81. The van der Waals surface area contributed by atoms with Gasteiger partial charge in [0.1, 0.15) is 0 Å². The second kappa shape index (κ2) is 7.15. The van der Waals surface area contributed by atoms with Gasteiger partial charge in [0.2, 0.25) is 5.91 Å². The Bertz CT molecular complexity index is 288. The van der Waals surface area contributed by atoms with Gasteiger partial charge in [-0.2, -0.15) is 0 Å². The lowest BCUT2D eigenvalue weighted by Gasteiger charge is -2.28. The van der Waals surface area contributed by atoms with Crippen molar-refractivity contribution in [3.05, 3.63) is 10.1 Å². The van der Waals surface area contributed by atoms with Crippen molar-refractivity contribution in [2.75, 3.05) is 27.2 Å². The third-order valence-corrected chi connectivity index (χ3v) is 3.09. The predicted octanol–water partition coefficient (Wildman–Crippen LogP) is 0.431. The third-order valence-electron chi connectivity index (χ3n) is 3.09. The summed E-state index contributed by atoms with van der Waals surface area (Å²) in [6.07, 6.45) is 3.46. The summed E-state index contributed by atoms with van der Waals surface area (Å²) in [6, 6.07) is 0.198. The molecule has 104 valence electrons. The number of carbonyl (C=O) groups is 1. The zero-order valence-electron chi connectivity index (χ0n) is 10.9. The zero-order chi connectivity index (χ0) is 13.5. The Morgan fingerprint density at radius 2 is 2.00 bits per heavy atom. The highest BCUT2D eigenvalue weighted by molar-refractivity contribution is 5.78. The molecule has 7 nitrogen and oxygen atoms in total. The van der Waals surface area contributed by atoms with Crippen LogP contribution < -0.4 is 5.32 Å². The largest absolute Gasteiger partial charge is 0.352 e. The van der Waals surface area contributed by atoms with Gasteiger partial charge in [-0.15, -0.1) is 10.1 Å². The summed E-state index contributed by atoms with van der Waals surface area (Å²) >= 11 is 0. The minimum absolute atomic E-state index is 0.0324. The highest BCUT2D eigenvalue weighted by Gasteiger charge is 2.23. The summed E-state index contributed by atoms with van der Waals surface area (Å²) in [6.45, 7) is 0.565. The first-order chi connectivity index (χ1) is 8.47. The molecule has 0 aliphatic heterocycles. The molecule has 0 aromatic rings. The fourth-order valence-electron chi connectivity index (χ4n) is 2.20. The molecule has 0 saturated heterocycles. The van der Waals surface area contributed by atoms with Crippen molar-refractivity contribution in [3.8, 4) is 0 Å². The minimum atomic E-state index is -0.745. The van der Waals surface area contributed by atoms with Crippen LogP contribution in [-0.4, -0.2) is 49.2 Å². The number of nitrogens with one attached hydrogen (secondary N) is 1. The molecule has 0 aromatic heterocycles. The van der Waals surface area contributed by atoms with Gasteiger partial charge in [-0.1, -0.05) is 0 Å². The van der Waals surface area contributed by atoms with E-state index in [2.05, 4.69) is 10.2 Å². The average molecular weight is 259 g/mol. The van der Waals surface area contributed by atoms with Gasteiger partial charge < -0.3 is 15.1 Å². The molecule has 1 amide bonds. The molecular formula is C11H21N3O4. The van der Waals surface area contributed by atoms with Crippen molar-refractivity contribution in [1.82, 2.24) is 10.2 Å². The molecule has 0 radical (unpaired) electrons.